The third-order valence-electron chi connectivity index (χ3n) is 6.28. The van der Waals surface area contributed by atoms with E-state index in [9.17, 15) is 4.79 Å². The molecule has 0 radical (unpaired) electrons. The molecule has 2 fully saturated rings. The maximum atomic E-state index is 12.9. The van der Waals surface area contributed by atoms with Crippen LogP contribution in [0.2, 0.25) is 0 Å². The maximum Gasteiger partial charge on any atom is 0.224 e. The first kappa shape index (κ1) is 17.3. The molecule has 2 aromatic rings. The number of nitrogens with zero attached hydrogens (tertiary/aromatic N) is 3. The van der Waals surface area contributed by atoms with Gasteiger partial charge in [-0.3, -0.25) is 4.79 Å². The zero-order valence-electron chi connectivity index (χ0n) is 15.9. The zero-order valence-corrected chi connectivity index (χ0v) is 15.9. The lowest BCUT2D eigenvalue weighted by atomic mass is 9.59. The topological polar surface area (TPSA) is 59.8 Å². The van der Waals surface area contributed by atoms with Crippen LogP contribution in [0.3, 0.4) is 0 Å². The van der Waals surface area contributed by atoms with Crippen LogP contribution in [0.15, 0.2) is 30.3 Å². The van der Waals surface area contributed by atoms with Crippen LogP contribution in [0.5, 0.6) is 0 Å². The van der Waals surface area contributed by atoms with Gasteiger partial charge in [0.25, 0.3) is 0 Å². The summed E-state index contributed by atoms with van der Waals surface area (Å²) in [5.74, 6) is 3.48. The van der Waals surface area contributed by atoms with Crippen molar-refractivity contribution in [2.75, 3.05) is 0 Å². The number of amides is 1. The molecule has 4 rings (SSSR count). The Hall–Kier alpha value is -2.17. The fourth-order valence-electron chi connectivity index (χ4n) is 5.01. The average Bonchev–Trinajstić information content (AvgIpc) is 3.16. The largest absolute Gasteiger partial charge is 0.352 e. The molecular formula is C21H28N4O. The van der Waals surface area contributed by atoms with Crippen LogP contribution < -0.4 is 5.32 Å². The summed E-state index contributed by atoms with van der Waals surface area (Å²) >= 11 is 0. The summed E-state index contributed by atoms with van der Waals surface area (Å²) in [4.78, 5) is 17.2. The molecule has 0 spiro atoms. The summed E-state index contributed by atoms with van der Waals surface area (Å²) in [7, 11) is 0. The SMILES string of the molecule is Cc1nc(C)n(C[C@H](C)C(=O)N[C@@H]2[C@@H]3CCC[C@@H]3[C@@H]2c2ccccc2)n1. The lowest BCUT2D eigenvalue weighted by Gasteiger charge is -2.50. The summed E-state index contributed by atoms with van der Waals surface area (Å²) < 4.78 is 1.84. The summed E-state index contributed by atoms with van der Waals surface area (Å²) in [6, 6.07) is 11.0. The highest BCUT2D eigenvalue weighted by atomic mass is 16.2. The monoisotopic (exact) mass is 352 g/mol. The van der Waals surface area contributed by atoms with E-state index < -0.39 is 0 Å². The molecule has 5 heteroatoms. The molecule has 0 unspecified atom stereocenters. The van der Waals surface area contributed by atoms with Gasteiger partial charge in [0.2, 0.25) is 5.91 Å². The highest BCUT2D eigenvalue weighted by Crippen LogP contribution is 2.55. The van der Waals surface area contributed by atoms with Gasteiger partial charge in [-0.15, -0.1) is 0 Å². The minimum Gasteiger partial charge on any atom is -0.352 e. The Morgan fingerprint density at radius 1 is 1.23 bits per heavy atom. The number of hydrogen-bond acceptors (Lipinski definition) is 3. The van der Waals surface area contributed by atoms with Crippen molar-refractivity contribution in [3.8, 4) is 0 Å². The Labute approximate surface area is 155 Å². The summed E-state index contributed by atoms with van der Waals surface area (Å²) in [5.41, 5.74) is 1.37. The van der Waals surface area contributed by atoms with E-state index in [1.54, 1.807) is 0 Å². The van der Waals surface area contributed by atoms with Crippen LogP contribution in [0.25, 0.3) is 0 Å². The van der Waals surface area contributed by atoms with Crippen molar-refractivity contribution in [2.45, 2.75) is 58.5 Å². The molecule has 1 amide bonds. The number of carbonyl (C=O) groups excluding carboxylic acids is 1. The molecule has 1 aromatic carbocycles. The normalized spacial score (nSPS) is 28.3. The van der Waals surface area contributed by atoms with E-state index >= 15 is 0 Å². The van der Waals surface area contributed by atoms with Gasteiger partial charge in [-0.05, 0) is 44.1 Å². The number of rotatable bonds is 5. The summed E-state index contributed by atoms with van der Waals surface area (Å²) in [6.07, 6.45) is 3.83. The van der Waals surface area contributed by atoms with Crippen molar-refractivity contribution >= 4 is 5.91 Å². The highest BCUT2D eigenvalue weighted by molar-refractivity contribution is 5.79. The van der Waals surface area contributed by atoms with Crippen LogP contribution in [0, 0.1) is 31.6 Å². The first-order valence-corrected chi connectivity index (χ1v) is 9.78. The van der Waals surface area contributed by atoms with E-state index in [0.717, 1.165) is 17.6 Å². The van der Waals surface area contributed by atoms with Crippen molar-refractivity contribution in [3.63, 3.8) is 0 Å². The van der Waals surface area contributed by atoms with Crippen LogP contribution in [0.1, 0.15) is 49.3 Å². The van der Waals surface area contributed by atoms with Crippen molar-refractivity contribution in [3.05, 3.63) is 47.5 Å². The molecule has 5 nitrogen and oxygen atoms in total. The van der Waals surface area contributed by atoms with E-state index in [1.807, 2.05) is 25.5 Å². The average molecular weight is 352 g/mol. The number of aryl methyl sites for hydroxylation is 2. The molecule has 0 bridgehead atoms. The smallest absolute Gasteiger partial charge is 0.224 e. The van der Waals surface area contributed by atoms with Crippen molar-refractivity contribution in [1.82, 2.24) is 20.1 Å². The van der Waals surface area contributed by atoms with Gasteiger partial charge in [0, 0.05) is 12.0 Å². The van der Waals surface area contributed by atoms with Gasteiger partial charge in [-0.2, -0.15) is 5.10 Å². The quantitative estimate of drug-likeness (QED) is 0.899. The highest BCUT2D eigenvalue weighted by Gasteiger charge is 2.53. The first-order chi connectivity index (χ1) is 12.5. The standard InChI is InChI=1S/C21H28N4O/c1-13(12-25-15(3)22-14(2)24-25)21(26)23-20-18-11-7-10-17(18)19(20)16-8-5-4-6-9-16/h4-6,8-9,13,17-20H,7,10-12H2,1-3H3,(H,23,26)/t13-,17-,18+,19-,20+/m0/s1. The Morgan fingerprint density at radius 3 is 2.65 bits per heavy atom. The number of benzene rings is 1. The zero-order chi connectivity index (χ0) is 18.3. The lowest BCUT2D eigenvalue weighted by molar-refractivity contribution is -0.127. The molecule has 2 saturated carbocycles. The number of fused-ring (bicyclic) bond motifs is 1. The third kappa shape index (κ3) is 3.04. The van der Waals surface area contributed by atoms with Gasteiger partial charge in [0.05, 0.1) is 12.5 Å². The molecule has 2 aliphatic rings. The van der Waals surface area contributed by atoms with Crippen LogP contribution in [-0.4, -0.2) is 26.7 Å². The number of hydrogen-bond donors (Lipinski definition) is 1. The Bertz CT molecular complexity index is 785. The molecule has 138 valence electrons. The lowest BCUT2D eigenvalue weighted by Crippen LogP contribution is -2.57. The molecule has 2 aliphatic carbocycles. The first-order valence-electron chi connectivity index (χ1n) is 9.78. The van der Waals surface area contributed by atoms with Gasteiger partial charge in [0.1, 0.15) is 11.6 Å². The number of carbonyl (C=O) groups is 1. The van der Waals surface area contributed by atoms with E-state index in [-0.39, 0.29) is 17.9 Å². The summed E-state index contributed by atoms with van der Waals surface area (Å²) in [6.45, 7) is 6.38. The minimum absolute atomic E-state index is 0.119. The van der Waals surface area contributed by atoms with E-state index in [0.29, 0.717) is 18.4 Å². The van der Waals surface area contributed by atoms with Gasteiger partial charge in [-0.1, -0.05) is 43.7 Å². The molecular weight excluding hydrogens is 324 g/mol. The maximum absolute atomic E-state index is 12.9. The Kier molecular flexibility index (Phi) is 4.55. The fourth-order valence-corrected chi connectivity index (χ4v) is 5.01. The second-order valence-electron chi connectivity index (χ2n) is 8.02. The molecule has 1 N–H and O–H groups in total. The summed E-state index contributed by atoms with van der Waals surface area (Å²) in [5, 5.41) is 7.77. The Morgan fingerprint density at radius 2 is 1.96 bits per heavy atom. The molecule has 1 heterocycles. The second-order valence-corrected chi connectivity index (χ2v) is 8.02. The fraction of sp³-hybridized carbons (Fsp3) is 0.571. The molecule has 5 atom stereocenters. The number of nitrogens with one attached hydrogen (secondary N) is 1. The van der Waals surface area contributed by atoms with Gasteiger partial charge in [-0.25, -0.2) is 9.67 Å². The Balaban J connectivity index is 1.45. The molecule has 26 heavy (non-hydrogen) atoms. The molecule has 1 aromatic heterocycles. The molecule has 0 aliphatic heterocycles. The van der Waals surface area contributed by atoms with E-state index in [1.165, 1.54) is 24.8 Å². The van der Waals surface area contributed by atoms with E-state index in [4.69, 9.17) is 0 Å². The van der Waals surface area contributed by atoms with Crippen LogP contribution in [0.4, 0.5) is 0 Å². The van der Waals surface area contributed by atoms with Crippen LogP contribution >= 0.6 is 0 Å². The predicted molar refractivity (Wildman–Crippen MR) is 101 cm³/mol. The minimum atomic E-state index is -0.119. The van der Waals surface area contributed by atoms with Gasteiger partial charge < -0.3 is 5.32 Å². The van der Waals surface area contributed by atoms with Crippen LogP contribution in [-0.2, 0) is 11.3 Å². The predicted octanol–water partition coefficient (Wildman–Crippen LogP) is 3.23. The van der Waals surface area contributed by atoms with E-state index in [2.05, 4.69) is 45.7 Å². The molecule has 0 saturated heterocycles. The number of aromatic nitrogens is 3. The van der Waals surface area contributed by atoms with Gasteiger partial charge in [0.15, 0.2) is 0 Å². The third-order valence-corrected chi connectivity index (χ3v) is 6.28. The van der Waals surface area contributed by atoms with Crippen molar-refractivity contribution in [2.24, 2.45) is 17.8 Å². The van der Waals surface area contributed by atoms with Crippen molar-refractivity contribution in [1.29, 1.82) is 0 Å². The van der Waals surface area contributed by atoms with Gasteiger partial charge >= 0.3 is 0 Å². The second kappa shape index (κ2) is 6.86. The van der Waals surface area contributed by atoms with Crippen molar-refractivity contribution < 1.29 is 4.79 Å².